The lowest BCUT2D eigenvalue weighted by Crippen LogP contribution is -2.15. The van der Waals surface area contributed by atoms with E-state index in [1.165, 1.54) is 12.5 Å². The van der Waals surface area contributed by atoms with E-state index < -0.39 is 5.91 Å². The number of methoxy groups -OCH3 is 1. The fourth-order valence-electron chi connectivity index (χ4n) is 1.46. The lowest BCUT2D eigenvalue weighted by atomic mass is 10.1. The summed E-state index contributed by atoms with van der Waals surface area (Å²) in [7, 11) is 1.45. The van der Waals surface area contributed by atoms with Gasteiger partial charge in [0.15, 0.2) is 11.5 Å². The van der Waals surface area contributed by atoms with Crippen LogP contribution in [0.3, 0.4) is 0 Å². The summed E-state index contributed by atoms with van der Waals surface area (Å²) >= 11 is 1.08. The Hall–Kier alpha value is -2.68. The third-order valence-electron chi connectivity index (χ3n) is 2.45. The number of carbonyl (C=O) groups is 1. The van der Waals surface area contributed by atoms with Crippen LogP contribution >= 0.6 is 11.5 Å². The lowest BCUT2D eigenvalue weighted by molar-refractivity contribution is 0.102. The number of ether oxygens (including phenoxy) is 1. The first-order chi connectivity index (χ1) is 9.65. The minimum atomic E-state index is -0.395. The second-order valence-electron chi connectivity index (χ2n) is 3.64. The maximum atomic E-state index is 11.9. The van der Waals surface area contributed by atoms with E-state index in [4.69, 9.17) is 15.7 Å². The van der Waals surface area contributed by atoms with Crippen LogP contribution in [0.1, 0.15) is 16.1 Å². The molecule has 2 rings (SSSR count). The van der Waals surface area contributed by atoms with E-state index in [1.54, 1.807) is 18.2 Å². The summed E-state index contributed by atoms with van der Waals surface area (Å²) in [6, 6.07) is 4.72. The SMILES string of the molecule is COc1cc(/C(N)=N/O)ccc1NC(=O)c1csnn1. The average molecular weight is 293 g/mol. The van der Waals surface area contributed by atoms with Crippen LogP contribution in [0.2, 0.25) is 0 Å². The van der Waals surface area contributed by atoms with Gasteiger partial charge in [0.1, 0.15) is 5.75 Å². The second-order valence-corrected chi connectivity index (χ2v) is 4.25. The molecule has 2 aromatic rings. The van der Waals surface area contributed by atoms with Crippen LogP contribution < -0.4 is 15.8 Å². The van der Waals surface area contributed by atoms with Crippen LogP contribution in [-0.4, -0.2) is 33.6 Å². The maximum Gasteiger partial charge on any atom is 0.277 e. The van der Waals surface area contributed by atoms with Gasteiger partial charge in [0.25, 0.3) is 5.91 Å². The topological polar surface area (TPSA) is 123 Å². The Morgan fingerprint density at radius 1 is 1.55 bits per heavy atom. The number of aromatic nitrogens is 2. The van der Waals surface area contributed by atoms with Crippen molar-refractivity contribution in [2.45, 2.75) is 0 Å². The Kier molecular flexibility index (Phi) is 4.11. The Morgan fingerprint density at radius 2 is 2.35 bits per heavy atom. The molecule has 0 bridgehead atoms. The molecule has 20 heavy (non-hydrogen) atoms. The number of amides is 1. The van der Waals surface area contributed by atoms with Gasteiger partial charge in [-0.1, -0.05) is 9.64 Å². The molecule has 0 saturated heterocycles. The van der Waals surface area contributed by atoms with E-state index in [0.717, 1.165) is 11.5 Å². The smallest absolute Gasteiger partial charge is 0.277 e. The quantitative estimate of drug-likeness (QED) is 0.333. The van der Waals surface area contributed by atoms with Gasteiger partial charge in [0, 0.05) is 10.9 Å². The number of benzene rings is 1. The Labute approximate surface area is 118 Å². The molecule has 104 valence electrons. The molecule has 0 spiro atoms. The van der Waals surface area contributed by atoms with E-state index in [1.807, 2.05) is 0 Å². The number of amidine groups is 1. The number of hydrogen-bond acceptors (Lipinski definition) is 7. The van der Waals surface area contributed by atoms with Gasteiger partial charge in [0.05, 0.1) is 12.8 Å². The van der Waals surface area contributed by atoms with Crippen molar-refractivity contribution >= 4 is 29.0 Å². The van der Waals surface area contributed by atoms with Gasteiger partial charge >= 0.3 is 0 Å². The van der Waals surface area contributed by atoms with Crippen molar-refractivity contribution in [2.24, 2.45) is 10.9 Å². The molecule has 0 fully saturated rings. The molecule has 1 amide bonds. The molecule has 0 aliphatic rings. The Balaban J connectivity index is 2.26. The van der Waals surface area contributed by atoms with Crippen LogP contribution in [0.4, 0.5) is 5.69 Å². The normalized spacial score (nSPS) is 11.2. The molecule has 1 heterocycles. The molecular weight excluding hydrogens is 282 g/mol. The molecule has 8 nitrogen and oxygen atoms in total. The van der Waals surface area contributed by atoms with E-state index in [2.05, 4.69) is 20.1 Å². The van der Waals surface area contributed by atoms with Crippen molar-refractivity contribution in [2.75, 3.05) is 12.4 Å². The average Bonchev–Trinajstić information content (AvgIpc) is 3.01. The fraction of sp³-hybridized carbons (Fsp3) is 0.0909. The van der Waals surface area contributed by atoms with Crippen molar-refractivity contribution in [1.82, 2.24) is 9.59 Å². The largest absolute Gasteiger partial charge is 0.495 e. The molecule has 4 N–H and O–H groups in total. The van der Waals surface area contributed by atoms with Crippen LogP contribution in [0.15, 0.2) is 28.7 Å². The summed E-state index contributed by atoms with van der Waals surface area (Å²) in [5.41, 5.74) is 6.62. The monoisotopic (exact) mass is 293 g/mol. The zero-order valence-electron chi connectivity index (χ0n) is 10.4. The highest BCUT2D eigenvalue weighted by Gasteiger charge is 2.13. The number of hydrogen-bond donors (Lipinski definition) is 3. The van der Waals surface area contributed by atoms with Crippen LogP contribution in [0.25, 0.3) is 0 Å². The number of nitrogens with zero attached hydrogens (tertiary/aromatic N) is 3. The van der Waals surface area contributed by atoms with Gasteiger partial charge in [-0.2, -0.15) is 0 Å². The number of carbonyl (C=O) groups excluding carboxylic acids is 1. The van der Waals surface area contributed by atoms with E-state index in [0.29, 0.717) is 17.0 Å². The predicted molar refractivity (Wildman–Crippen MR) is 73.4 cm³/mol. The summed E-state index contributed by atoms with van der Waals surface area (Å²) in [5.74, 6) is -0.0656. The third-order valence-corrected chi connectivity index (χ3v) is 2.95. The molecule has 0 radical (unpaired) electrons. The summed E-state index contributed by atoms with van der Waals surface area (Å²) in [4.78, 5) is 11.9. The molecule has 0 aliphatic carbocycles. The van der Waals surface area contributed by atoms with Crippen molar-refractivity contribution in [3.8, 4) is 5.75 Å². The van der Waals surface area contributed by atoms with Crippen molar-refractivity contribution < 1.29 is 14.7 Å². The van der Waals surface area contributed by atoms with Gasteiger partial charge in [-0.05, 0) is 29.7 Å². The predicted octanol–water partition coefficient (Wildman–Crippen LogP) is 0.893. The Morgan fingerprint density at radius 3 is 2.95 bits per heavy atom. The standard InChI is InChI=1S/C11H11N5O3S/c1-19-9-4-6(10(12)15-18)2-3-7(9)13-11(17)8-5-20-16-14-8/h2-5,18H,1H3,(H2,12,15)(H,13,17). The molecule has 0 atom stereocenters. The molecular formula is C11H11N5O3S. The first-order valence-corrected chi connectivity index (χ1v) is 6.23. The first kappa shape index (κ1) is 13.7. The summed E-state index contributed by atoms with van der Waals surface area (Å²) in [5, 5.41) is 19.4. The first-order valence-electron chi connectivity index (χ1n) is 5.40. The zero-order chi connectivity index (χ0) is 14.5. The van der Waals surface area contributed by atoms with Crippen LogP contribution in [0.5, 0.6) is 5.75 Å². The summed E-state index contributed by atoms with van der Waals surface area (Å²) in [6.45, 7) is 0. The third kappa shape index (κ3) is 2.83. The van der Waals surface area contributed by atoms with E-state index in [-0.39, 0.29) is 11.5 Å². The van der Waals surface area contributed by atoms with Crippen LogP contribution in [-0.2, 0) is 0 Å². The van der Waals surface area contributed by atoms with Gasteiger partial charge in [-0.15, -0.1) is 5.10 Å². The zero-order valence-corrected chi connectivity index (χ0v) is 11.2. The summed E-state index contributed by atoms with van der Waals surface area (Å²) < 4.78 is 8.77. The molecule has 1 aromatic heterocycles. The van der Waals surface area contributed by atoms with Gasteiger partial charge < -0.3 is 21.0 Å². The lowest BCUT2D eigenvalue weighted by Gasteiger charge is -2.10. The minimum Gasteiger partial charge on any atom is -0.495 e. The second kappa shape index (κ2) is 5.97. The number of nitrogens with two attached hydrogens (primary N) is 1. The molecule has 0 saturated carbocycles. The van der Waals surface area contributed by atoms with E-state index in [9.17, 15) is 4.79 Å². The molecule has 1 aromatic carbocycles. The van der Waals surface area contributed by atoms with Gasteiger partial charge in [-0.25, -0.2) is 0 Å². The highest BCUT2D eigenvalue weighted by Crippen LogP contribution is 2.26. The van der Waals surface area contributed by atoms with Crippen molar-refractivity contribution in [3.63, 3.8) is 0 Å². The summed E-state index contributed by atoms with van der Waals surface area (Å²) in [6.07, 6.45) is 0. The number of rotatable bonds is 4. The maximum absolute atomic E-state index is 11.9. The number of nitrogens with one attached hydrogen (secondary N) is 1. The Bertz CT molecular complexity index is 642. The highest BCUT2D eigenvalue weighted by atomic mass is 32.1. The molecule has 0 aliphatic heterocycles. The van der Waals surface area contributed by atoms with E-state index >= 15 is 0 Å². The fourth-order valence-corrected chi connectivity index (χ4v) is 1.90. The molecule has 9 heteroatoms. The highest BCUT2D eigenvalue weighted by molar-refractivity contribution is 7.03. The number of anilines is 1. The van der Waals surface area contributed by atoms with Crippen molar-refractivity contribution in [1.29, 1.82) is 0 Å². The van der Waals surface area contributed by atoms with Gasteiger partial charge in [-0.3, -0.25) is 4.79 Å². The van der Waals surface area contributed by atoms with Crippen LogP contribution in [0, 0.1) is 0 Å². The van der Waals surface area contributed by atoms with Gasteiger partial charge in [0.2, 0.25) is 0 Å². The van der Waals surface area contributed by atoms with Crippen molar-refractivity contribution in [3.05, 3.63) is 34.8 Å². The number of oxime groups is 1. The minimum absolute atomic E-state index is 0.0510. The molecule has 0 unspecified atom stereocenters.